The summed E-state index contributed by atoms with van der Waals surface area (Å²) < 4.78 is 5.49. The van der Waals surface area contributed by atoms with Crippen LogP contribution in [0.4, 0.5) is 11.4 Å². The molecule has 2 unspecified atom stereocenters. The molecule has 0 aliphatic carbocycles. The summed E-state index contributed by atoms with van der Waals surface area (Å²) in [6, 6.07) is 20.9. The van der Waals surface area contributed by atoms with Gasteiger partial charge in [0.2, 0.25) is 5.91 Å². The number of aliphatic hydroxyl groups is 1. The van der Waals surface area contributed by atoms with Crippen molar-refractivity contribution < 1.29 is 14.6 Å². The van der Waals surface area contributed by atoms with Crippen LogP contribution in [0.25, 0.3) is 0 Å². The Morgan fingerprint density at radius 2 is 1.53 bits per heavy atom. The van der Waals surface area contributed by atoms with Gasteiger partial charge in [-0.1, -0.05) is 94.3 Å². The molecule has 1 heterocycles. The molecule has 0 saturated heterocycles. The number of hydrogen-bond donors (Lipinski definition) is 1. The Labute approximate surface area is 324 Å². The average molecular weight is 746 g/mol. The zero-order valence-electron chi connectivity index (χ0n) is 33.2. The Balaban J connectivity index is 1.75. The number of aliphatic imine (C=N–C) groups is 1. The number of hydrogen-bond acceptors (Lipinski definition) is 7. The van der Waals surface area contributed by atoms with Gasteiger partial charge in [-0.25, -0.2) is 4.99 Å². The molecule has 8 nitrogen and oxygen atoms in total. The van der Waals surface area contributed by atoms with Crippen molar-refractivity contribution in [2.45, 2.75) is 104 Å². The van der Waals surface area contributed by atoms with E-state index in [2.05, 4.69) is 23.6 Å². The summed E-state index contributed by atoms with van der Waals surface area (Å²) >= 11 is 6.38. The molecule has 0 radical (unpaired) electrons. The summed E-state index contributed by atoms with van der Waals surface area (Å²) in [4.78, 5) is 28.7. The maximum Gasteiger partial charge on any atom is 0.227 e. The predicted molar refractivity (Wildman–Crippen MR) is 222 cm³/mol. The van der Waals surface area contributed by atoms with E-state index in [1.165, 1.54) is 51.4 Å². The van der Waals surface area contributed by atoms with E-state index in [1.807, 2.05) is 97.5 Å². The molecule has 3 aromatic rings. The number of nitrogens with zero attached hydrogens (tertiary/aromatic N) is 5. The number of anilines is 1. The van der Waals surface area contributed by atoms with Crippen LogP contribution < -0.4 is 9.64 Å². The van der Waals surface area contributed by atoms with Crippen LogP contribution in [0.2, 0.25) is 5.02 Å². The van der Waals surface area contributed by atoms with Gasteiger partial charge in [-0.15, -0.1) is 0 Å². The molecule has 0 bridgehead atoms. The van der Waals surface area contributed by atoms with E-state index in [-0.39, 0.29) is 18.4 Å². The van der Waals surface area contributed by atoms with Crippen LogP contribution >= 0.6 is 11.6 Å². The van der Waals surface area contributed by atoms with Gasteiger partial charge in [0.15, 0.2) is 6.23 Å². The third kappa shape index (κ3) is 12.6. The molecule has 3 aromatic carbocycles. The summed E-state index contributed by atoms with van der Waals surface area (Å²) in [6.45, 7) is 10.9. The first-order valence-corrected chi connectivity index (χ1v) is 20.2. The molecule has 1 amide bonds. The van der Waals surface area contributed by atoms with Crippen molar-refractivity contribution in [3.63, 3.8) is 0 Å². The number of carbonyl (C=O) groups is 1. The number of aliphatic hydroxyl groups excluding tert-OH is 1. The third-order valence-electron chi connectivity index (χ3n) is 10.3. The lowest BCUT2D eigenvalue weighted by Crippen LogP contribution is -2.55. The Morgan fingerprint density at radius 3 is 2.15 bits per heavy atom. The van der Waals surface area contributed by atoms with Gasteiger partial charge in [-0.3, -0.25) is 9.69 Å². The van der Waals surface area contributed by atoms with Crippen molar-refractivity contribution in [2.24, 2.45) is 4.99 Å². The number of rotatable bonds is 23. The van der Waals surface area contributed by atoms with Crippen LogP contribution in [-0.4, -0.2) is 91.5 Å². The highest BCUT2D eigenvalue weighted by molar-refractivity contribution is 6.31. The number of aryl methyl sites for hydroxylation is 1. The number of fused-ring (bicyclic) bond motifs is 1. The molecule has 290 valence electrons. The highest BCUT2D eigenvalue weighted by atomic mass is 35.5. The number of carbonyl (C=O) groups excluding carboxylic acids is 1. The smallest absolute Gasteiger partial charge is 0.227 e. The highest BCUT2D eigenvalue weighted by Crippen LogP contribution is 2.39. The number of halogens is 1. The number of amidine groups is 1. The molecule has 2 atom stereocenters. The van der Waals surface area contributed by atoms with Gasteiger partial charge in [-0.2, -0.15) is 0 Å². The van der Waals surface area contributed by atoms with E-state index in [0.29, 0.717) is 30.4 Å². The Hall–Kier alpha value is -3.43. The van der Waals surface area contributed by atoms with Crippen LogP contribution in [0.5, 0.6) is 5.75 Å². The molecule has 53 heavy (non-hydrogen) atoms. The van der Waals surface area contributed by atoms with Crippen LogP contribution in [0.1, 0.15) is 101 Å². The molecule has 0 spiro atoms. The lowest BCUT2D eigenvalue weighted by Gasteiger charge is -2.42. The molecule has 1 N–H and O–H groups in total. The zero-order chi connectivity index (χ0) is 38.2. The number of likely N-dealkylation sites (N-methyl/N-ethyl adjacent to an activating group) is 1. The molecule has 9 heteroatoms. The SMILES string of the molecule is CCCCCCN(CCCCCC)CCCC(C1=Nc2ccccc2C(O)N1c1ccc(OC)cc1)N(CCN(C)C)C(=O)Cc1ccc(Cl)c(C)c1. The van der Waals surface area contributed by atoms with E-state index in [1.54, 1.807) is 7.11 Å². The minimum atomic E-state index is -0.979. The predicted octanol–water partition coefficient (Wildman–Crippen LogP) is 9.44. The van der Waals surface area contributed by atoms with E-state index in [4.69, 9.17) is 21.3 Å². The number of amides is 1. The molecule has 1 aliphatic heterocycles. The second kappa shape index (κ2) is 22.1. The molecule has 0 fully saturated rings. The average Bonchev–Trinajstić information content (AvgIpc) is 3.15. The van der Waals surface area contributed by atoms with Gasteiger partial charge in [-0.05, 0) is 114 Å². The summed E-state index contributed by atoms with van der Waals surface area (Å²) in [6.07, 6.45) is 10.8. The van der Waals surface area contributed by atoms with E-state index in [0.717, 1.165) is 59.9 Å². The fourth-order valence-electron chi connectivity index (χ4n) is 7.15. The van der Waals surface area contributed by atoms with Crippen molar-refractivity contribution >= 4 is 34.7 Å². The van der Waals surface area contributed by atoms with Gasteiger partial charge >= 0.3 is 0 Å². The monoisotopic (exact) mass is 745 g/mol. The summed E-state index contributed by atoms with van der Waals surface area (Å²) in [5, 5.41) is 12.8. The molecule has 0 aromatic heterocycles. The third-order valence-corrected chi connectivity index (χ3v) is 10.7. The van der Waals surface area contributed by atoms with Gasteiger partial charge < -0.3 is 24.5 Å². The molecule has 0 saturated carbocycles. The van der Waals surface area contributed by atoms with E-state index < -0.39 is 6.23 Å². The van der Waals surface area contributed by atoms with Gasteiger partial charge in [0, 0.05) is 29.4 Å². The van der Waals surface area contributed by atoms with Gasteiger partial charge in [0.1, 0.15) is 11.6 Å². The minimum Gasteiger partial charge on any atom is -0.497 e. The van der Waals surface area contributed by atoms with E-state index in [9.17, 15) is 9.90 Å². The number of para-hydroxylation sites is 1. The van der Waals surface area contributed by atoms with Crippen molar-refractivity contribution in [3.05, 3.63) is 88.4 Å². The first-order valence-electron chi connectivity index (χ1n) is 19.9. The maximum atomic E-state index is 14.7. The van der Waals surface area contributed by atoms with Crippen LogP contribution in [0.15, 0.2) is 71.7 Å². The number of benzene rings is 3. The lowest BCUT2D eigenvalue weighted by atomic mass is 10.00. The second-order valence-electron chi connectivity index (χ2n) is 14.7. The van der Waals surface area contributed by atoms with Crippen LogP contribution in [-0.2, 0) is 11.2 Å². The maximum absolute atomic E-state index is 14.7. The molecular formula is C44H64ClN5O3. The normalized spacial score (nSPS) is 14.7. The molecule has 1 aliphatic rings. The second-order valence-corrected chi connectivity index (χ2v) is 15.1. The van der Waals surface area contributed by atoms with Crippen LogP contribution in [0, 0.1) is 6.92 Å². The van der Waals surface area contributed by atoms with E-state index >= 15 is 0 Å². The Bertz CT molecular complexity index is 1570. The quantitative estimate of drug-likeness (QED) is 0.0976. The number of methoxy groups -OCH3 is 1. The summed E-state index contributed by atoms with van der Waals surface area (Å²) in [5.41, 5.74) is 4.14. The van der Waals surface area contributed by atoms with Crippen molar-refractivity contribution in [1.82, 2.24) is 14.7 Å². The first-order chi connectivity index (χ1) is 25.7. The molecular weight excluding hydrogens is 682 g/mol. The fraction of sp³-hybridized carbons (Fsp3) is 0.545. The Morgan fingerprint density at radius 1 is 0.868 bits per heavy atom. The van der Waals surface area contributed by atoms with Gasteiger partial charge in [0.25, 0.3) is 0 Å². The summed E-state index contributed by atoms with van der Waals surface area (Å²) in [7, 11) is 5.73. The standard InChI is InChI=1S/C44H64ClN5O3/c1-7-9-11-15-27-48(28-16-12-10-8-2)29-17-20-41(49(31-30-47(4)5)42(51)33-35-21-26-39(45)34(3)32-35)43-46-40-19-14-13-18-38(40)44(52)50(43)36-22-24-37(53-6)25-23-36/h13-14,18-19,21-26,32,41,44,52H,7-12,15-17,20,27-31,33H2,1-6H3. The number of unbranched alkanes of at least 4 members (excludes halogenated alkanes) is 6. The van der Waals surface area contributed by atoms with Gasteiger partial charge in [0.05, 0.1) is 25.3 Å². The van der Waals surface area contributed by atoms with Crippen molar-refractivity contribution in [2.75, 3.05) is 58.8 Å². The highest BCUT2D eigenvalue weighted by Gasteiger charge is 2.38. The Kier molecular flexibility index (Phi) is 17.6. The van der Waals surface area contributed by atoms with Crippen molar-refractivity contribution in [1.29, 1.82) is 0 Å². The topological polar surface area (TPSA) is 71.8 Å². The lowest BCUT2D eigenvalue weighted by molar-refractivity contribution is -0.131. The summed E-state index contributed by atoms with van der Waals surface area (Å²) in [5.74, 6) is 1.44. The molecule has 4 rings (SSSR count). The first kappa shape index (κ1) is 42.3. The van der Waals surface area contributed by atoms with Crippen molar-refractivity contribution in [3.8, 4) is 5.75 Å². The largest absolute Gasteiger partial charge is 0.497 e. The number of ether oxygens (including phenoxy) is 1. The minimum absolute atomic E-state index is 0.0280. The van der Waals surface area contributed by atoms with Crippen LogP contribution in [0.3, 0.4) is 0 Å². The fourth-order valence-corrected chi connectivity index (χ4v) is 7.27. The zero-order valence-corrected chi connectivity index (χ0v) is 34.0.